The van der Waals surface area contributed by atoms with E-state index in [-0.39, 0.29) is 5.69 Å². The molecule has 0 amide bonds. The van der Waals surface area contributed by atoms with Crippen LogP contribution in [-0.4, -0.2) is 7.11 Å². The maximum Gasteiger partial charge on any atom is 0.196 e. The molecule has 0 aromatic heterocycles. The number of methoxy groups -OCH3 is 1. The zero-order chi connectivity index (χ0) is 14.0. The summed E-state index contributed by atoms with van der Waals surface area (Å²) in [5.74, 6) is -3.64. The van der Waals surface area contributed by atoms with Crippen molar-refractivity contribution in [1.82, 2.24) is 0 Å². The Morgan fingerprint density at radius 3 is 2.47 bits per heavy atom. The van der Waals surface area contributed by atoms with Crippen molar-refractivity contribution in [2.45, 2.75) is 0 Å². The van der Waals surface area contributed by atoms with Crippen LogP contribution in [0.2, 0.25) is 0 Å². The Morgan fingerprint density at radius 2 is 1.79 bits per heavy atom. The molecule has 100 valence electrons. The van der Waals surface area contributed by atoms with Crippen LogP contribution in [-0.2, 0) is 0 Å². The highest BCUT2D eigenvalue weighted by molar-refractivity contribution is 5.67. The molecule has 0 aliphatic heterocycles. The van der Waals surface area contributed by atoms with Gasteiger partial charge >= 0.3 is 0 Å². The zero-order valence-corrected chi connectivity index (χ0v) is 10.0. The molecule has 3 nitrogen and oxygen atoms in total. The average Bonchev–Trinajstić information content (AvgIpc) is 2.41. The van der Waals surface area contributed by atoms with Gasteiger partial charge in [-0.2, -0.15) is 0 Å². The maximum absolute atomic E-state index is 13.5. The van der Waals surface area contributed by atoms with Gasteiger partial charge in [0.1, 0.15) is 5.75 Å². The van der Waals surface area contributed by atoms with E-state index in [0.29, 0.717) is 17.1 Å². The second-order valence-electron chi connectivity index (χ2n) is 3.80. The fourth-order valence-electron chi connectivity index (χ4n) is 1.57. The topological polar surface area (TPSA) is 47.3 Å². The molecule has 6 heteroatoms. The predicted octanol–water partition coefficient (Wildman–Crippen LogP) is 3.44. The van der Waals surface area contributed by atoms with Crippen LogP contribution in [0.4, 0.5) is 30.2 Å². The summed E-state index contributed by atoms with van der Waals surface area (Å²) in [4.78, 5) is 0. The molecule has 0 radical (unpaired) electrons. The maximum atomic E-state index is 13.5. The molecule has 0 fully saturated rings. The summed E-state index contributed by atoms with van der Waals surface area (Å²) in [5, 5.41) is 2.62. The molecule has 0 aliphatic carbocycles. The smallest absolute Gasteiger partial charge is 0.196 e. The van der Waals surface area contributed by atoms with E-state index >= 15 is 0 Å². The first-order valence-corrected chi connectivity index (χ1v) is 5.37. The predicted molar refractivity (Wildman–Crippen MR) is 67.0 cm³/mol. The van der Waals surface area contributed by atoms with Crippen molar-refractivity contribution in [2.75, 3.05) is 18.2 Å². The summed E-state index contributed by atoms with van der Waals surface area (Å²) in [6.07, 6.45) is 0. The molecule has 0 heterocycles. The SMILES string of the molecule is COc1cc(Nc2ccc(F)c(F)c2F)ccc1N. The Hall–Kier alpha value is -2.37. The van der Waals surface area contributed by atoms with Gasteiger partial charge in [-0.25, -0.2) is 13.2 Å². The second-order valence-corrected chi connectivity index (χ2v) is 3.80. The lowest BCUT2D eigenvalue weighted by molar-refractivity contribution is 0.417. The molecule has 0 saturated carbocycles. The molecule has 0 aliphatic rings. The summed E-state index contributed by atoms with van der Waals surface area (Å²) in [5.41, 5.74) is 6.31. The first-order valence-electron chi connectivity index (χ1n) is 5.37. The van der Waals surface area contributed by atoms with Crippen molar-refractivity contribution < 1.29 is 17.9 Å². The molecule has 0 bridgehead atoms. The van der Waals surface area contributed by atoms with E-state index in [2.05, 4.69) is 5.32 Å². The standard InChI is InChI=1S/C13H11F3N2O/c1-19-11-6-7(2-4-9(11)17)18-10-5-3-8(14)12(15)13(10)16/h2-6,18H,17H2,1H3. The number of nitrogens with two attached hydrogens (primary N) is 1. The van der Waals surface area contributed by atoms with Crippen LogP contribution < -0.4 is 15.8 Å². The summed E-state index contributed by atoms with van der Waals surface area (Å²) < 4.78 is 44.3. The van der Waals surface area contributed by atoms with Crippen LogP contribution in [0.1, 0.15) is 0 Å². The summed E-state index contributed by atoms with van der Waals surface area (Å²) in [6.45, 7) is 0. The third kappa shape index (κ3) is 2.57. The molecule has 19 heavy (non-hydrogen) atoms. The summed E-state index contributed by atoms with van der Waals surface area (Å²) in [6, 6.07) is 6.60. The van der Waals surface area contributed by atoms with Gasteiger partial charge in [0.25, 0.3) is 0 Å². The van der Waals surface area contributed by atoms with Gasteiger partial charge in [-0.05, 0) is 24.3 Å². The number of rotatable bonds is 3. The van der Waals surface area contributed by atoms with Gasteiger partial charge in [-0.1, -0.05) is 0 Å². The average molecular weight is 268 g/mol. The van der Waals surface area contributed by atoms with Crippen LogP contribution >= 0.6 is 0 Å². The molecule has 2 rings (SSSR count). The molecule has 2 aromatic carbocycles. The highest BCUT2D eigenvalue weighted by atomic mass is 19.2. The number of hydrogen-bond donors (Lipinski definition) is 2. The van der Waals surface area contributed by atoms with Crippen LogP contribution in [0, 0.1) is 17.5 Å². The largest absolute Gasteiger partial charge is 0.495 e. The molecule has 2 aromatic rings. The number of nitrogen functional groups attached to an aromatic ring is 1. The summed E-state index contributed by atoms with van der Waals surface area (Å²) in [7, 11) is 1.44. The van der Waals surface area contributed by atoms with Crippen molar-refractivity contribution in [3.63, 3.8) is 0 Å². The van der Waals surface area contributed by atoms with Crippen molar-refractivity contribution >= 4 is 17.1 Å². The number of nitrogens with one attached hydrogen (secondary N) is 1. The Labute approximate surface area is 107 Å². The van der Waals surface area contributed by atoms with Crippen molar-refractivity contribution in [3.05, 3.63) is 47.8 Å². The first-order chi connectivity index (χ1) is 9.02. The molecule has 3 N–H and O–H groups in total. The van der Waals surface area contributed by atoms with Gasteiger partial charge in [0, 0.05) is 11.8 Å². The lowest BCUT2D eigenvalue weighted by Crippen LogP contribution is -2.00. The number of halogens is 3. The van der Waals surface area contributed by atoms with Crippen LogP contribution in [0.25, 0.3) is 0 Å². The van der Waals surface area contributed by atoms with E-state index in [4.69, 9.17) is 10.5 Å². The van der Waals surface area contributed by atoms with Gasteiger partial charge in [-0.3, -0.25) is 0 Å². The quantitative estimate of drug-likeness (QED) is 0.662. The van der Waals surface area contributed by atoms with Crippen molar-refractivity contribution in [3.8, 4) is 5.75 Å². The van der Waals surface area contributed by atoms with Gasteiger partial charge in [0.15, 0.2) is 17.5 Å². The van der Waals surface area contributed by atoms with Crippen LogP contribution in [0.15, 0.2) is 30.3 Å². The van der Waals surface area contributed by atoms with E-state index in [9.17, 15) is 13.2 Å². The van der Waals surface area contributed by atoms with Crippen LogP contribution in [0.3, 0.4) is 0 Å². The number of ether oxygens (including phenoxy) is 1. The second kappa shape index (κ2) is 5.09. The number of hydrogen-bond acceptors (Lipinski definition) is 3. The zero-order valence-electron chi connectivity index (χ0n) is 10.0. The third-order valence-corrected chi connectivity index (χ3v) is 2.55. The highest BCUT2D eigenvalue weighted by Crippen LogP contribution is 2.28. The van der Waals surface area contributed by atoms with Gasteiger partial charge in [0.05, 0.1) is 18.5 Å². The number of benzene rings is 2. The van der Waals surface area contributed by atoms with Crippen molar-refractivity contribution in [2.24, 2.45) is 0 Å². The van der Waals surface area contributed by atoms with Gasteiger partial charge < -0.3 is 15.8 Å². The minimum atomic E-state index is -1.52. The molecule has 0 spiro atoms. The van der Waals surface area contributed by atoms with Crippen LogP contribution in [0.5, 0.6) is 5.75 Å². The van der Waals surface area contributed by atoms with Crippen molar-refractivity contribution in [1.29, 1.82) is 0 Å². The summed E-state index contributed by atoms with van der Waals surface area (Å²) >= 11 is 0. The fraction of sp³-hybridized carbons (Fsp3) is 0.0769. The Balaban J connectivity index is 2.34. The normalized spacial score (nSPS) is 10.3. The molecular weight excluding hydrogens is 257 g/mol. The van der Waals surface area contributed by atoms with E-state index in [0.717, 1.165) is 12.1 Å². The van der Waals surface area contributed by atoms with E-state index in [1.54, 1.807) is 12.1 Å². The van der Waals surface area contributed by atoms with Gasteiger partial charge in [-0.15, -0.1) is 0 Å². The molecule has 0 saturated heterocycles. The molecular formula is C13H11F3N2O. The minimum absolute atomic E-state index is 0.175. The molecule has 0 unspecified atom stereocenters. The van der Waals surface area contributed by atoms with E-state index in [1.807, 2.05) is 0 Å². The van der Waals surface area contributed by atoms with E-state index in [1.165, 1.54) is 13.2 Å². The monoisotopic (exact) mass is 268 g/mol. The Morgan fingerprint density at radius 1 is 1.05 bits per heavy atom. The Bertz CT molecular complexity index is 617. The minimum Gasteiger partial charge on any atom is -0.495 e. The number of anilines is 3. The lowest BCUT2D eigenvalue weighted by Gasteiger charge is -2.11. The Kier molecular flexibility index (Phi) is 3.50. The van der Waals surface area contributed by atoms with Gasteiger partial charge in [0.2, 0.25) is 0 Å². The highest BCUT2D eigenvalue weighted by Gasteiger charge is 2.13. The fourth-order valence-corrected chi connectivity index (χ4v) is 1.57. The molecule has 0 atom stereocenters. The third-order valence-electron chi connectivity index (χ3n) is 2.55. The van der Waals surface area contributed by atoms with E-state index < -0.39 is 17.5 Å². The first kappa shape index (κ1) is 13.1. The lowest BCUT2D eigenvalue weighted by atomic mass is 10.2.